The number of nitrogens with one attached hydrogen (secondary N) is 1. The van der Waals surface area contributed by atoms with Crippen LogP contribution in [0.4, 0.5) is 5.82 Å². The third-order valence-corrected chi connectivity index (χ3v) is 3.91. The minimum Gasteiger partial charge on any atom is -0.367 e. The van der Waals surface area contributed by atoms with Gasteiger partial charge in [0.2, 0.25) is 5.91 Å². The van der Waals surface area contributed by atoms with Crippen LogP contribution in [-0.2, 0) is 4.79 Å². The zero-order valence-corrected chi connectivity index (χ0v) is 12.2. The zero-order chi connectivity index (χ0) is 14.8. The molecule has 0 aromatic carbocycles. The van der Waals surface area contributed by atoms with Crippen LogP contribution in [0.1, 0.15) is 30.3 Å². The van der Waals surface area contributed by atoms with E-state index in [1.807, 2.05) is 12.1 Å². The summed E-state index contributed by atoms with van der Waals surface area (Å²) in [5, 5.41) is 3.30. The fourth-order valence-corrected chi connectivity index (χ4v) is 2.46. The molecule has 1 saturated heterocycles. The van der Waals surface area contributed by atoms with E-state index in [1.54, 1.807) is 22.8 Å². The maximum absolute atomic E-state index is 12.5. The van der Waals surface area contributed by atoms with Crippen LogP contribution in [0.15, 0.2) is 18.2 Å². The molecule has 1 aliphatic carbocycles. The molecule has 6 heteroatoms. The van der Waals surface area contributed by atoms with Gasteiger partial charge in [-0.05, 0) is 25.0 Å². The van der Waals surface area contributed by atoms with E-state index in [0.29, 0.717) is 37.9 Å². The lowest BCUT2D eigenvalue weighted by Gasteiger charge is -2.34. The lowest BCUT2D eigenvalue weighted by atomic mass is 10.2. The van der Waals surface area contributed by atoms with Gasteiger partial charge in [0.05, 0.1) is 0 Å². The minimum atomic E-state index is -0.0577. The molecule has 112 valence electrons. The normalized spacial score (nSPS) is 18.5. The summed E-state index contributed by atoms with van der Waals surface area (Å²) in [6.45, 7) is 3.90. The van der Waals surface area contributed by atoms with Crippen molar-refractivity contribution in [3.05, 3.63) is 23.9 Å². The van der Waals surface area contributed by atoms with Crippen molar-refractivity contribution in [2.24, 2.45) is 0 Å². The first-order valence-corrected chi connectivity index (χ1v) is 7.42. The number of pyridine rings is 1. The third kappa shape index (κ3) is 3.32. The van der Waals surface area contributed by atoms with Gasteiger partial charge in [0.15, 0.2) is 0 Å². The molecule has 2 amide bonds. The van der Waals surface area contributed by atoms with Crippen molar-refractivity contribution in [3.63, 3.8) is 0 Å². The number of anilines is 1. The Balaban J connectivity index is 1.63. The molecular formula is C15H20N4O2. The van der Waals surface area contributed by atoms with Crippen molar-refractivity contribution in [3.8, 4) is 0 Å². The van der Waals surface area contributed by atoms with E-state index < -0.39 is 0 Å². The Morgan fingerprint density at radius 2 is 1.81 bits per heavy atom. The van der Waals surface area contributed by atoms with Crippen LogP contribution in [-0.4, -0.2) is 58.8 Å². The van der Waals surface area contributed by atoms with Gasteiger partial charge in [-0.3, -0.25) is 9.59 Å². The molecule has 1 aromatic rings. The van der Waals surface area contributed by atoms with Gasteiger partial charge < -0.3 is 15.1 Å². The van der Waals surface area contributed by atoms with E-state index in [4.69, 9.17) is 0 Å². The zero-order valence-electron chi connectivity index (χ0n) is 12.2. The predicted molar refractivity (Wildman–Crippen MR) is 79.0 cm³/mol. The molecular weight excluding hydrogens is 268 g/mol. The van der Waals surface area contributed by atoms with Gasteiger partial charge in [0, 0.05) is 39.1 Å². The molecule has 2 fully saturated rings. The van der Waals surface area contributed by atoms with Crippen molar-refractivity contribution in [1.29, 1.82) is 0 Å². The number of amides is 2. The molecule has 1 N–H and O–H groups in total. The van der Waals surface area contributed by atoms with E-state index in [2.05, 4.69) is 10.3 Å². The molecule has 1 saturated carbocycles. The first-order chi connectivity index (χ1) is 10.1. The summed E-state index contributed by atoms with van der Waals surface area (Å²) in [6, 6.07) is 6.01. The third-order valence-electron chi connectivity index (χ3n) is 3.91. The molecule has 3 rings (SSSR count). The number of hydrogen-bond acceptors (Lipinski definition) is 4. The summed E-state index contributed by atoms with van der Waals surface area (Å²) in [5.74, 6) is 0.777. The Bertz CT molecular complexity index is 548. The molecule has 0 radical (unpaired) electrons. The Hall–Kier alpha value is -2.11. The Morgan fingerprint density at radius 1 is 1.14 bits per heavy atom. The highest BCUT2D eigenvalue weighted by Crippen LogP contribution is 2.23. The van der Waals surface area contributed by atoms with Crippen LogP contribution >= 0.6 is 0 Å². The van der Waals surface area contributed by atoms with Crippen LogP contribution < -0.4 is 5.32 Å². The van der Waals surface area contributed by atoms with Gasteiger partial charge in [-0.25, -0.2) is 4.98 Å². The van der Waals surface area contributed by atoms with E-state index >= 15 is 0 Å². The maximum Gasteiger partial charge on any atom is 0.272 e. The average Bonchev–Trinajstić information content (AvgIpc) is 3.31. The monoisotopic (exact) mass is 288 g/mol. The molecule has 0 unspecified atom stereocenters. The molecule has 0 atom stereocenters. The first kappa shape index (κ1) is 13.9. The highest BCUT2D eigenvalue weighted by molar-refractivity contribution is 5.92. The molecule has 6 nitrogen and oxygen atoms in total. The van der Waals surface area contributed by atoms with Crippen LogP contribution in [0.2, 0.25) is 0 Å². The van der Waals surface area contributed by atoms with Gasteiger partial charge in [0.25, 0.3) is 5.91 Å². The van der Waals surface area contributed by atoms with E-state index in [-0.39, 0.29) is 11.8 Å². The SMILES string of the molecule is CC(=O)N1CCN(C(=O)c2cccc(NC3CC3)n2)CC1. The average molecular weight is 288 g/mol. The highest BCUT2D eigenvalue weighted by atomic mass is 16.2. The van der Waals surface area contributed by atoms with Crippen LogP contribution in [0.5, 0.6) is 0 Å². The summed E-state index contributed by atoms with van der Waals surface area (Å²) in [7, 11) is 0. The van der Waals surface area contributed by atoms with Crippen LogP contribution in [0.25, 0.3) is 0 Å². The van der Waals surface area contributed by atoms with Crippen molar-refractivity contribution in [1.82, 2.24) is 14.8 Å². The highest BCUT2D eigenvalue weighted by Gasteiger charge is 2.25. The van der Waals surface area contributed by atoms with Crippen molar-refractivity contribution < 1.29 is 9.59 Å². The number of piperazine rings is 1. The molecule has 0 spiro atoms. The summed E-state index contributed by atoms with van der Waals surface area (Å²) in [5.41, 5.74) is 0.469. The smallest absolute Gasteiger partial charge is 0.272 e. The molecule has 21 heavy (non-hydrogen) atoms. The Morgan fingerprint density at radius 3 is 2.43 bits per heavy atom. The lowest BCUT2D eigenvalue weighted by molar-refractivity contribution is -0.130. The Labute approximate surface area is 124 Å². The standard InChI is InChI=1S/C15H20N4O2/c1-11(20)18-7-9-19(10-8-18)15(21)13-3-2-4-14(17-13)16-12-5-6-12/h2-4,12H,5-10H2,1H3,(H,16,17). The van der Waals surface area contributed by atoms with E-state index in [9.17, 15) is 9.59 Å². The predicted octanol–water partition coefficient (Wildman–Crippen LogP) is 0.960. The summed E-state index contributed by atoms with van der Waals surface area (Å²) in [6.07, 6.45) is 2.35. The first-order valence-electron chi connectivity index (χ1n) is 7.42. The van der Waals surface area contributed by atoms with Gasteiger partial charge in [-0.2, -0.15) is 0 Å². The fraction of sp³-hybridized carbons (Fsp3) is 0.533. The van der Waals surface area contributed by atoms with Crippen LogP contribution in [0, 0.1) is 0 Å². The summed E-state index contributed by atoms with van der Waals surface area (Å²) in [4.78, 5) is 31.7. The Kier molecular flexibility index (Phi) is 3.77. The van der Waals surface area contributed by atoms with Crippen LogP contribution in [0.3, 0.4) is 0 Å². The topological polar surface area (TPSA) is 65.5 Å². The van der Waals surface area contributed by atoms with Gasteiger partial charge in [-0.15, -0.1) is 0 Å². The number of rotatable bonds is 3. The summed E-state index contributed by atoms with van der Waals surface area (Å²) < 4.78 is 0. The largest absolute Gasteiger partial charge is 0.367 e. The molecule has 1 aliphatic heterocycles. The quantitative estimate of drug-likeness (QED) is 0.899. The number of aromatic nitrogens is 1. The number of carbonyl (C=O) groups is 2. The van der Waals surface area contributed by atoms with E-state index in [0.717, 1.165) is 5.82 Å². The molecule has 2 aliphatic rings. The maximum atomic E-state index is 12.5. The molecule has 2 heterocycles. The van der Waals surface area contributed by atoms with Crippen molar-refractivity contribution in [2.75, 3.05) is 31.5 Å². The second-order valence-corrected chi connectivity index (χ2v) is 5.62. The number of nitrogens with zero attached hydrogens (tertiary/aromatic N) is 3. The van der Waals surface area contributed by atoms with Gasteiger partial charge in [0.1, 0.15) is 11.5 Å². The number of hydrogen-bond donors (Lipinski definition) is 1. The second kappa shape index (κ2) is 5.71. The van der Waals surface area contributed by atoms with E-state index in [1.165, 1.54) is 12.8 Å². The summed E-state index contributed by atoms with van der Waals surface area (Å²) >= 11 is 0. The second-order valence-electron chi connectivity index (χ2n) is 5.62. The van der Waals surface area contributed by atoms with Gasteiger partial charge in [-0.1, -0.05) is 6.07 Å². The lowest BCUT2D eigenvalue weighted by Crippen LogP contribution is -2.50. The molecule has 0 bridgehead atoms. The van der Waals surface area contributed by atoms with Crippen molar-refractivity contribution in [2.45, 2.75) is 25.8 Å². The fourth-order valence-electron chi connectivity index (χ4n) is 2.46. The molecule has 1 aromatic heterocycles. The van der Waals surface area contributed by atoms with Gasteiger partial charge >= 0.3 is 0 Å². The minimum absolute atomic E-state index is 0.0577. The number of carbonyl (C=O) groups excluding carboxylic acids is 2. The van der Waals surface area contributed by atoms with Crippen molar-refractivity contribution >= 4 is 17.6 Å².